The van der Waals surface area contributed by atoms with Crippen molar-refractivity contribution in [3.8, 4) is 0 Å². The standard InChI is InChI=1S/C24H34O2/c1-7-22-14-18-16(6)10-11-19(18)23(8-2)13-17(22)12-20(15(4)5)24(22,23)21(25)26-9-3/h7-8,12,15-19H,1-2,9-11,13-14H2,3-6H3/t16-,17+,18-,19-,22-,23-,24-/m1/s1. The summed E-state index contributed by atoms with van der Waals surface area (Å²) in [6, 6.07) is 0. The monoisotopic (exact) mass is 354 g/mol. The first-order chi connectivity index (χ1) is 12.4. The van der Waals surface area contributed by atoms with Gasteiger partial charge in [-0.25, -0.2) is 0 Å². The van der Waals surface area contributed by atoms with E-state index in [-0.39, 0.29) is 16.8 Å². The van der Waals surface area contributed by atoms with Gasteiger partial charge in [-0.15, -0.1) is 13.2 Å². The zero-order valence-electron chi connectivity index (χ0n) is 16.9. The largest absolute Gasteiger partial charge is 0.465 e. The average Bonchev–Trinajstić information content (AvgIpc) is 3.18. The molecule has 0 aromatic rings. The lowest BCUT2D eigenvalue weighted by Crippen LogP contribution is -2.61. The molecule has 4 bridgehead atoms. The SMILES string of the molecule is C=C[C@]12C[C@@H]3C=C(C(C)C)[C@@]1(C(=O)OCC)[C@]3(C=C)C[C@@H]1[C@H](C)CC[C@H]12. The van der Waals surface area contributed by atoms with E-state index in [1.54, 1.807) is 0 Å². The fraction of sp³-hybridized carbons (Fsp3) is 0.708. The van der Waals surface area contributed by atoms with Crippen LogP contribution in [0.2, 0.25) is 0 Å². The molecule has 142 valence electrons. The van der Waals surface area contributed by atoms with Gasteiger partial charge in [-0.05, 0) is 55.8 Å². The number of carbonyl (C=O) groups is 1. The van der Waals surface area contributed by atoms with Gasteiger partial charge in [-0.1, -0.05) is 51.0 Å². The average molecular weight is 355 g/mol. The highest BCUT2D eigenvalue weighted by Gasteiger charge is 2.82. The van der Waals surface area contributed by atoms with Crippen molar-refractivity contribution < 1.29 is 9.53 Å². The molecule has 0 spiro atoms. The summed E-state index contributed by atoms with van der Waals surface area (Å²) in [5.74, 6) is 2.63. The van der Waals surface area contributed by atoms with Gasteiger partial charge in [-0.2, -0.15) is 0 Å². The highest BCUT2D eigenvalue weighted by Crippen LogP contribution is 2.84. The molecule has 26 heavy (non-hydrogen) atoms. The summed E-state index contributed by atoms with van der Waals surface area (Å²) >= 11 is 0. The molecule has 3 saturated carbocycles. The highest BCUT2D eigenvalue weighted by molar-refractivity contribution is 5.87. The number of allylic oxidation sites excluding steroid dienone is 3. The molecule has 0 saturated heterocycles. The summed E-state index contributed by atoms with van der Waals surface area (Å²) in [5.41, 5.74) is 0.321. The van der Waals surface area contributed by atoms with Crippen LogP contribution in [0.4, 0.5) is 0 Å². The number of fused-ring (bicyclic) bond motifs is 2. The second-order valence-electron chi connectivity index (χ2n) is 9.58. The fourth-order valence-electron chi connectivity index (χ4n) is 8.01. The summed E-state index contributed by atoms with van der Waals surface area (Å²) in [6.07, 6.45) is 11.3. The van der Waals surface area contributed by atoms with Crippen molar-refractivity contribution in [2.24, 2.45) is 45.8 Å². The van der Waals surface area contributed by atoms with Crippen molar-refractivity contribution in [1.29, 1.82) is 0 Å². The first kappa shape index (κ1) is 18.1. The van der Waals surface area contributed by atoms with E-state index in [1.165, 1.54) is 18.4 Å². The van der Waals surface area contributed by atoms with Gasteiger partial charge >= 0.3 is 5.97 Å². The third-order valence-corrected chi connectivity index (χ3v) is 8.78. The summed E-state index contributed by atoms with van der Waals surface area (Å²) < 4.78 is 5.82. The van der Waals surface area contributed by atoms with Gasteiger partial charge < -0.3 is 4.74 Å². The molecule has 0 heterocycles. The minimum absolute atomic E-state index is 0.0160. The van der Waals surface area contributed by atoms with Crippen LogP contribution < -0.4 is 0 Å². The van der Waals surface area contributed by atoms with E-state index in [1.807, 2.05) is 6.92 Å². The lowest BCUT2D eigenvalue weighted by atomic mass is 9.42. The second-order valence-corrected chi connectivity index (χ2v) is 9.58. The van der Waals surface area contributed by atoms with Gasteiger partial charge in [-0.3, -0.25) is 4.79 Å². The number of ether oxygens (including phenoxy) is 1. The van der Waals surface area contributed by atoms with Crippen LogP contribution in [0.3, 0.4) is 0 Å². The maximum atomic E-state index is 13.8. The number of esters is 1. The predicted octanol–water partition coefficient (Wildman–Crippen LogP) is 5.56. The van der Waals surface area contributed by atoms with Crippen LogP contribution in [0.15, 0.2) is 37.0 Å². The van der Waals surface area contributed by atoms with Crippen LogP contribution in [0, 0.1) is 45.8 Å². The Morgan fingerprint density at radius 1 is 1.27 bits per heavy atom. The molecule has 4 aliphatic rings. The van der Waals surface area contributed by atoms with Crippen LogP contribution in [-0.2, 0) is 9.53 Å². The van der Waals surface area contributed by atoms with Gasteiger partial charge in [0.2, 0.25) is 0 Å². The molecule has 0 N–H and O–H groups in total. The van der Waals surface area contributed by atoms with Gasteiger partial charge in [0.15, 0.2) is 0 Å². The van der Waals surface area contributed by atoms with Gasteiger partial charge in [0.05, 0.1) is 6.61 Å². The lowest BCUT2D eigenvalue weighted by molar-refractivity contribution is -0.174. The van der Waals surface area contributed by atoms with E-state index in [2.05, 4.69) is 52.2 Å². The Hall–Kier alpha value is -1.31. The molecule has 4 rings (SSSR count). The molecule has 3 fully saturated rings. The Labute approximate surface area is 158 Å². The summed E-state index contributed by atoms with van der Waals surface area (Å²) in [5, 5.41) is 0. The summed E-state index contributed by atoms with van der Waals surface area (Å²) in [7, 11) is 0. The van der Waals surface area contributed by atoms with Crippen LogP contribution >= 0.6 is 0 Å². The molecule has 0 aromatic carbocycles. The molecular weight excluding hydrogens is 320 g/mol. The minimum Gasteiger partial charge on any atom is -0.465 e. The molecule has 0 aliphatic heterocycles. The summed E-state index contributed by atoms with van der Waals surface area (Å²) in [4.78, 5) is 13.8. The first-order valence-corrected chi connectivity index (χ1v) is 10.5. The van der Waals surface area contributed by atoms with E-state index in [9.17, 15) is 4.79 Å². The third-order valence-electron chi connectivity index (χ3n) is 8.78. The minimum atomic E-state index is -0.594. The molecule has 4 aliphatic carbocycles. The van der Waals surface area contributed by atoms with Gasteiger partial charge in [0.25, 0.3) is 0 Å². The number of hydrogen-bond donors (Lipinski definition) is 0. The van der Waals surface area contributed by atoms with Crippen molar-refractivity contribution in [2.75, 3.05) is 6.61 Å². The smallest absolute Gasteiger partial charge is 0.318 e. The maximum Gasteiger partial charge on any atom is 0.318 e. The predicted molar refractivity (Wildman–Crippen MR) is 105 cm³/mol. The number of rotatable bonds is 5. The molecular formula is C24H34O2. The van der Waals surface area contributed by atoms with E-state index < -0.39 is 5.41 Å². The Morgan fingerprint density at radius 2 is 1.96 bits per heavy atom. The van der Waals surface area contributed by atoms with E-state index in [0.29, 0.717) is 30.3 Å². The topological polar surface area (TPSA) is 26.3 Å². The van der Waals surface area contributed by atoms with E-state index in [0.717, 1.165) is 18.8 Å². The van der Waals surface area contributed by atoms with Gasteiger partial charge in [0, 0.05) is 10.8 Å². The van der Waals surface area contributed by atoms with Crippen molar-refractivity contribution in [3.63, 3.8) is 0 Å². The van der Waals surface area contributed by atoms with Crippen LogP contribution in [0.5, 0.6) is 0 Å². The molecule has 0 aromatic heterocycles. The molecule has 0 amide bonds. The first-order valence-electron chi connectivity index (χ1n) is 10.5. The van der Waals surface area contributed by atoms with Crippen LogP contribution in [-0.4, -0.2) is 12.6 Å². The zero-order chi connectivity index (χ0) is 18.9. The van der Waals surface area contributed by atoms with Crippen molar-refractivity contribution in [1.82, 2.24) is 0 Å². The fourth-order valence-corrected chi connectivity index (χ4v) is 8.01. The normalized spacial score (nSPS) is 48.3. The lowest BCUT2D eigenvalue weighted by Gasteiger charge is -2.59. The molecule has 0 unspecified atom stereocenters. The van der Waals surface area contributed by atoms with Crippen LogP contribution in [0.25, 0.3) is 0 Å². The quantitative estimate of drug-likeness (QED) is 0.477. The van der Waals surface area contributed by atoms with Crippen molar-refractivity contribution in [3.05, 3.63) is 37.0 Å². The summed E-state index contributed by atoms with van der Waals surface area (Å²) in [6.45, 7) is 17.9. The number of carbonyl (C=O) groups excluding carboxylic acids is 1. The Bertz CT molecular complexity index is 688. The number of hydrogen-bond acceptors (Lipinski definition) is 2. The Balaban J connectivity index is 2.02. The Morgan fingerprint density at radius 3 is 2.54 bits per heavy atom. The van der Waals surface area contributed by atoms with E-state index >= 15 is 0 Å². The maximum absolute atomic E-state index is 13.8. The van der Waals surface area contributed by atoms with Crippen molar-refractivity contribution in [2.45, 2.75) is 53.4 Å². The molecule has 7 atom stereocenters. The van der Waals surface area contributed by atoms with Crippen molar-refractivity contribution >= 4 is 5.97 Å². The van der Waals surface area contributed by atoms with Crippen LogP contribution in [0.1, 0.15) is 53.4 Å². The third kappa shape index (κ3) is 1.64. The second kappa shape index (κ2) is 5.59. The Kier molecular flexibility index (Phi) is 3.89. The van der Waals surface area contributed by atoms with E-state index in [4.69, 9.17) is 4.74 Å². The molecule has 2 nitrogen and oxygen atoms in total. The zero-order valence-corrected chi connectivity index (χ0v) is 16.9. The highest BCUT2D eigenvalue weighted by atomic mass is 16.5. The molecule has 0 radical (unpaired) electrons. The van der Waals surface area contributed by atoms with Gasteiger partial charge in [0.1, 0.15) is 5.41 Å². The molecule has 2 heteroatoms.